The first-order valence-corrected chi connectivity index (χ1v) is 9.51. The first-order chi connectivity index (χ1) is 15.3. The van der Waals surface area contributed by atoms with Gasteiger partial charge in [0, 0.05) is 30.4 Å². The first kappa shape index (κ1) is 21.5. The third-order valence-electron chi connectivity index (χ3n) is 4.78. The lowest BCUT2D eigenvalue weighted by Gasteiger charge is -2.35. The van der Waals surface area contributed by atoms with Gasteiger partial charge in [-0.25, -0.2) is 0 Å². The monoisotopic (exact) mass is 450 g/mol. The number of ether oxygens (including phenoxy) is 1. The van der Waals surface area contributed by atoms with E-state index >= 15 is 0 Å². The van der Waals surface area contributed by atoms with Gasteiger partial charge in [0.25, 0.3) is 11.8 Å². The van der Waals surface area contributed by atoms with Gasteiger partial charge in [0.2, 0.25) is 5.82 Å². The summed E-state index contributed by atoms with van der Waals surface area (Å²) in [5.74, 6) is -2.37. The number of alkyl halides is 3. The van der Waals surface area contributed by atoms with E-state index in [-0.39, 0.29) is 47.7 Å². The Morgan fingerprint density at radius 2 is 2.00 bits per heavy atom. The van der Waals surface area contributed by atoms with Crippen LogP contribution in [0.4, 0.5) is 13.2 Å². The number of nitrogens with zero attached hydrogens (tertiary/aromatic N) is 4. The SMILES string of the molecule is O=C(NC[C@@H]1COCCN1C(=O)c1cc[nH]n1)c1ccc(-c2noc(C(F)(F)F)n2)cc1. The molecule has 0 spiro atoms. The second-order valence-corrected chi connectivity index (χ2v) is 6.90. The van der Waals surface area contributed by atoms with Gasteiger partial charge in [0.15, 0.2) is 0 Å². The Balaban J connectivity index is 1.38. The number of carbonyl (C=O) groups excluding carboxylic acids is 2. The van der Waals surface area contributed by atoms with Crippen LogP contribution in [0.25, 0.3) is 11.4 Å². The molecule has 1 aromatic carbocycles. The van der Waals surface area contributed by atoms with Gasteiger partial charge in [0.05, 0.1) is 19.3 Å². The zero-order chi connectivity index (χ0) is 22.7. The third kappa shape index (κ3) is 4.61. The van der Waals surface area contributed by atoms with Gasteiger partial charge < -0.3 is 19.5 Å². The smallest absolute Gasteiger partial charge is 0.377 e. The number of hydrogen-bond donors (Lipinski definition) is 2. The van der Waals surface area contributed by atoms with Crippen molar-refractivity contribution in [1.29, 1.82) is 0 Å². The average molecular weight is 450 g/mol. The number of H-pyrrole nitrogens is 1. The van der Waals surface area contributed by atoms with Crippen LogP contribution in [0.2, 0.25) is 0 Å². The maximum absolute atomic E-state index is 12.6. The summed E-state index contributed by atoms with van der Waals surface area (Å²) in [6.45, 7) is 1.16. The van der Waals surface area contributed by atoms with Gasteiger partial charge in [-0.15, -0.1) is 0 Å². The molecular weight excluding hydrogens is 433 g/mol. The maximum atomic E-state index is 12.6. The fourth-order valence-electron chi connectivity index (χ4n) is 3.16. The summed E-state index contributed by atoms with van der Waals surface area (Å²) in [7, 11) is 0. The van der Waals surface area contributed by atoms with E-state index in [9.17, 15) is 22.8 Å². The van der Waals surface area contributed by atoms with Crippen molar-refractivity contribution in [2.75, 3.05) is 26.3 Å². The molecule has 2 amide bonds. The minimum Gasteiger partial charge on any atom is -0.377 e. The highest BCUT2D eigenvalue weighted by Gasteiger charge is 2.38. The number of halogens is 3. The standard InChI is InChI=1S/C19H17F3N6O4/c20-19(21,22)18-25-15(27-32-18)11-1-3-12(4-2-11)16(29)23-9-13-10-31-8-7-28(13)17(30)14-5-6-24-26-14/h1-6,13H,7-10H2,(H,23,29)(H,24,26)/t13-/m1/s1. The zero-order valence-corrected chi connectivity index (χ0v) is 16.4. The van der Waals surface area contributed by atoms with E-state index in [0.29, 0.717) is 13.2 Å². The van der Waals surface area contributed by atoms with Crippen molar-refractivity contribution in [3.8, 4) is 11.4 Å². The van der Waals surface area contributed by atoms with Crippen LogP contribution in [-0.2, 0) is 10.9 Å². The minimum absolute atomic E-state index is 0.149. The van der Waals surface area contributed by atoms with Crippen molar-refractivity contribution in [3.63, 3.8) is 0 Å². The zero-order valence-electron chi connectivity index (χ0n) is 16.4. The van der Waals surface area contributed by atoms with E-state index in [0.717, 1.165) is 0 Å². The summed E-state index contributed by atoms with van der Waals surface area (Å²) in [6, 6.07) is 6.87. The van der Waals surface area contributed by atoms with Crippen LogP contribution in [0.1, 0.15) is 26.7 Å². The third-order valence-corrected chi connectivity index (χ3v) is 4.78. The summed E-state index contributed by atoms with van der Waals surface area (Å²) >= 11 is 0. The van der Waals surface area contributed by atoms with Crippen molar-refractivity contribution < 1.29 is 32.0 Å². The van der Waals surface area contributed by atoms with Crippen LogP contribution in [-0.4, -0.2) is 69.4 Å². The van der Waals surface area contributed by atoms with Crippen molar-refractivity contribution in [2.45, 2.75) is 12.2 Å². The number of aromatic amines is 1. The Kier molecular flexibility index (Phi) is 5.90. The van der Waals surface area contributed by atoms with Crippen LogP contribution >= 0.6 is 0 Å². The predicted molar refractivity (Wildman–Crippen MR) is 101 cm³/mol. The molecule has 0 aliphatic carbocycles. The molecule has 0 bridgehead atoms. The number of rotatable bonds is 5. The molecule has 3 aromatic rings. The van der Waals surface area contributed by atoms with E-state index in [4.69, 9.17) is 4.74 Å². The lowest BCUT2D eigenvalue weighted by Crippen LogP contribution is -2.53. The Labute approximate surface area is 178 Å². The van der Waals surface area contributed by atoms with Gasteiger partial charge in [0.1, 0.15) is 5.69 Å². The molecule has 168 valence electrons. The first-order valence-electron chi connectivity index (χ1n) is 9.51. The lowest BCUT2D eigenvalue weighted by molar-refractivity contribution is -0.159. The Hall–Kier alpha value is -3.74. The van der Waals surface area contributed by atoms with Crippen LogP contribution in [0, 0.1) is 0 Å². The second-order valence-electron chi connectivity index (χ2n) is 6.90. The molecule has 4 rings (SSSR count). The minimum atomic E-state index is -4.74. The molecule has 2 N–H and O–H groups in total. The number of amides is 2. The van der Waals surface area contributed by atoms with E-state index in [1.807, 2.05) is 0 Å². The summed E-state index contributed by atoms with van der Waals surface area (Å²) in [4.78, 5) is 30.0. The van der Waals surface area contributed by atoms with Gasteiger partial charge >= 0.3 is 12.1 Å². The van der Waals surface area contributed by atoms with Crippen LogP contribution < -0.4 is 5.32 Å². The second kappa shape index (κ2) is 8.78. The summed E-state index contributed by atoms with van der Waals surface area (Å²) in [6.07, 6.45) is -3.19. The molecule has 3 heterocycles. The number of benzene rings is 1. The van der Waals surface area contributed by atoms with Gasteiger partial charge in [-0.3, -0.25) is 14.7 Å². The maximum Gasteiger partial charge on any atom is 0.471 e. The number of aromatic nitrogens is 4. The summed E-state index contributed by atoms with van der Waals surface area (Å²) < 4.78 is 47.4. The van der Waals surface area contributed by atoms with E-state index in [1.165, 1.54) is 24.3 Å². The van der Waals surface area contributed by atoms with Gasteiger partial charge in [-0.05, 0) is 18.2 Å². The van der Waals surface area contributed by atoms with Crippen LogP contribution in [0.3, 0.4) is 0 Å². The molecular formula is C19H17F3N6O4. The van der Waals surface area contributed by atoms with Crippen LogP contribution in [0.15, 0.2) is 41.1 Å². The molecule has 1 saturated heterocycles. The molecule has 1 atom stereocenters. The average Bonchev–Trinajstić information content (AvgIpc) is 3.50. The van der Waals surface area contributed by atoms with Crippen molar-refractivity contribution in [1.82, 2.24) is 30.6 Å². The predicted octanol–water partition coefficient (Wildman–Crippen LogP) is 1.75. The van der Waals surface area contributed by atoms with Gasteiger partial charge in [-0.1, -0.05) is 17.3 Å². The molecule has 0 unspecified atom stereocenters. The van der Waals surface area contributed by atoms with E-state index < -0.39 is 18.0 Å². The molecule has 1 fully saturated rings. The molecule has 1 aliphatic heterocycles. The van der Waals surface area contributed by atoms with Crippen molar-refractivity contribution in [2.24, 2.45) is 0 Å². The molecule has 13 heteroatoms. The topological polar surface area (TPSA) is 126 Å². The number of morpholine rings is 1. The van der Waals surface area contributed by atoms with E-state index in [2.05, 4.69) is 30.2 Å². The highest BCUT2D eigenvalue weighted by molar-refractivity contribution is 5.95. The Morgan fingerprint density at radius 3 is 2.66 bits per heavy atom. The largest absolute Gasteiger partial charge is 0.471 e. The quantitative estimate of drug-likeness (QED) is 0.607. The number of hydrogen-bond acceptors (Lipinski definition) is 7. The fraction of sp³-hybridized carbons (Fsp3) is 0.316. The van der Waals surface area contributed by atoms with E-state index in [1.54, 1.807) is 17.2 Å². The van der Waals surface area contributed by atoms with Gasteiger partial charge in [-0.2, -0.15) is 23.3 Å². The summed E-state index contributed by atoms with van der Waals surface area (Å²) in [5, 5.41) is 12.5. The van der Waals surface area contributed by atoms with Crippen LogP contribution in [0.5, 0.6) is 0 Å². The molecule has 10 nitrogen and oxygen atoms in total. The Bertz CT molecular complexity index is 1080. The highest BCUT2D eigenvalue weighted by Crippen LogP contribution is 2.29. The lowest BCUT2D eigenvalue weighted by atomic mass is 10.1. The Morgan fingerprint density at radius 1 is 1.22 bits per heavy atom. The molecule has 1 aliphatic rings. The molecule has 32 heavy (non-hydrogen) atoms. The summed E-state index contributed by atoms with van der Waals surface area (Å²) in [5.41, 5.74) is 0.807. The molecule has 0 radical (unpaired) electrons. The molecule has 2 aromatic heterocycles. The number of nitrogens with one attached hydrogen (secondary N) is 2. The fourth-order valence-corrected chi connectivity index (χ4v) is 3.16. The van der Waals surface area contributed by atoms with Crippen molar-refractivity contribution in [3.05, 3.63) is 53.7 Å². The normalized spacial score (nSPS) is 16.7. The number of carbonyl (C=O) groups is 2. The highest BCUT2D eigenvalue weighted by atomic mass is 19.4. The molecule has 0 saturated carbocycles. The van der Waals surface area contributed by atoms with Crippen molar-refractivity contribution >= 4 is 11.8 Å².